The SMILES string of the molecule is CC(N1CCC(OC2CCC(Oc3cnc(S(C)(=O)=O)cn3)CC2)CC1)C(F)(F)F. The molecule has 1 aromatic rings. The summed E-state index contributed by atoms with van der Waals surface area (Å²) in [5.41, 5.74) is 0. The lowest BCUT2D eigenvalue weighted by Gasteiger charge is -2.38. The molecular formula is C19H28F3N3O4S. The van der Waals surface area contributed by atoms with E-state index in [-0.39, 0.29) is 29.2 Å². The van der Waals surface area contributed by atoms with E-state index in [2.05, 4.69) is 9.97 Å². The van der Waals surface area contributed by atoms with Gasteiger partial charge >= 0.3 is 6.18 Å². The molecule has 0 spiro atoms. The van der Waals surface area contributed by atoms with Crippen molar-refractivity contribution in [1.82, 2.24) is 14.9 Å². The van der Waals surface area contributed by atoms with Gasteiger partial charge in [-0.25, -0.2) is 18.4 Å². The normalized spacial score (nSPS) is 25.8. The van der Waals surface area contributed by atoms with Gasteiger partial charge < -0.3 is 9.47 Å². The fourth-order valence-corrected chi connectivity index (χ4v) is 4.38. The molecule has 2 fully saturated rings. The molecule has 2 heterocycles. The minimum atomic E-state index is -4.19. The van der Waals surface area contributed by atoms with Crippen molar-refractivity contribution in [2.24, 2.45) is 0 Å². The lowest BCUT2D eigenvalue weighted by atomic mass is 9.94. The smallest absolute Gasteiger partial charge is 0.403 e. The molecule has 30 heavy (non-hydrogen) atoms. The molecule has 170 valence electrons. The molecule has 0 amide bonds. The topological polar surface area (TPSA) is 81.6 Å². The zero-order valence-corrected chi connectivity index (χ0v) is 18.0. The van der Waals surface area contributed by atoms with Crippen LogP contribution in [0.3, 0.4) is 0 Å². The van der Waals surface area contributed by atoms with E-state index in [1.54, 1.807) is 0 Å². The number of halogens is 3. The van der Waals surface area contributed by atoms with Gasteiger partial charge in [0.05, 0.1) is 24.6 Å². The van der Waals surface area contributed by atoms with Crippen molar-refractivity contribution in [2.45, 2.75) is 81.0 Å². The Morgan fingerprint density at radius 2 is 1.57 bits per heavy atom. The molecule has 1 atom stereocenters. The van der Waals surface area contributed by atoms with Crippen LogP contribution in [-0.2, 0) is 14.6 Å². The standard InChI is InChI=1S/C19H28F3N3O4S/c1-13(19(20,21)22)25-9-7-16(8-10-25)28-14-3-5-15(6-4-14)29-17-11-24-18(12-23-17)30(2,26)27/h11-16H,3-10H2,1-2H3. The third-order valence-electron chi connectivity index (χ3n) is 5.78. The molecule has 0 radical (unpaired) electrons. The monoisotopic (exact) mass is 451 g/mol. The van der Waals surface area contributed by atoms with E-state index in [0.717, 1.165) is 31.9 Å². The quantitative estimate of drug-likeness (QED) is 0.658. The zero-order chi connectivity index (χ0) is 21.9. The van der Waals surface area contributed by atoms with Crippen LogP contribution in [-0.4, -0.2) is 73.2 Å². The largest absolute Gasteiger partial charge is 0.473 e. The Morgan fingerprint density at radius 3 is 2.07 bits per heavy atom. The van der Waals surface area contributed by atoms with Crippen LogP contribution >= 0.6 is 0 Å². The Balaban J connectivity index is 1.39. The first-order chi connectivity index (χ1) is 14.0. The van der Waals surface area contributed by atoms with Crippen molar-refractivity contribution in [2.75, 3.05) is 19.3 Å². The van der Waals surface area contributed by atoms with Gasteiger partial charge in [-0.05, 0) is 45.4 Å². The molecule has 1 aliphatic carbocycles. The van der Waals surface area contributed by atoms with Crippen LogP contribution in [0.2, 0.25) is 0 Å². The van der Waals surface area contributed by atoms with Crippen LogP contribution in [0.1, 0.15) is 45.4 Å². The minimum absolute atomic E-state index is 0.00134. The summed E-state index contributed by atoms with van der Waals surface area (Å²) >= 11 is 0. The van der Waals surface area contributed by atoms with E-state index in [0.29, 0.717) is 25.9 Å². The Morgan fingerprint density at radius 1 is 1.00 bits per heavy atom. The van der Waals surface area contributed by atoms with Crippen molar-refractivity contribution >= 4 is 9.84 Å². The van der Waals surface area contributed by atoms with Crippen LogP contribution in [0.15, 0.2) is 17.4 Å². The lowest BCUT2D eigenvalue weighted by Crippen LogP contribution is -2.49. The molecule has 2 aliphatic rings. The van der Waals surface area contributed by atoms with E-state index in [1.807, 2.05) is 0 Å². The summed E-state index contributed by atoms with van der Waals surface area (Å²) in [4.78, 5) is 9.35. The van der Waals surface area contributed by atoms with Gasteiger partial charge in [0.2, 0.25) is 5.88 Å². The second-order valence-corrected chi connectivity index (χ2v) is 10.0. The Hall–Kier alpha value is -1.46. The Kier molecular flexibility index (Phi) is 7.24. The molecule has 0 N–H and O–H groups in total. The third-order valence-corrected chi connectivity index (χ3v) is 6.75. The van der Waals surface area contributed by atoms with E-state index in [9.17, 15) is 21.6 Å². The first kappa shape index (κ1) is 23.2. The maximum atomic E-state index is 12.8. The summed E-state index contributed by atoms with van der Waals surface area (Å²) in [6, 6.07) is -1.42. The van der Waals surface area contributed by atoms with E-state index in [4.69, 9.17) is 9.47 Å². The molecular weight excluding hydrogens is 423 g/mol. The van der Waals surface area contributed by atoms with Crippen molar-refractivity contribution in [3.05, 3.63) is 12.4 Å². The maximum Gasteiger partial charge on any atom is 0.403 e. The van der Waals surface area contributed by atoms with E-state index in [1.165, 1.54) is 24.2 Å². The summed E-state index contributed by atoms with van der Waals surface area (Å²) < 4.78 is 73.3. The number of hydrogen-bond acceptors (Lipinski definition) is 7. The lowest BCUT2D eigenvalue weighted by molar-refractivity contribution is -0.185. The van der Waals surface area contributed by atoms with Crippen LogP contribution in [0.25, 0.3) is 0 Å². The number of aromatic nitrogens is 2. The highest BCUT2D eigenvalue weighted by Gasteiger charge is 2.41. The maximum absolute atomic E-state index is 12.8. The van der Waals surface area contributed by atoms with Crippen LogP contribution in [0.5, 0.6) is 5.88 Å². The average molecular weight is 452 g/mol. The fourth-order valence-electron chi connectivity index (χ4n) is 3.89. The van der Waals surface area contributed by atoms with Gasteiger partial charge in [0, 0.05) is 19.3 Å². The summed E-state index contributed by atoms with van der Waals surface area (Å²) in [5.74, 6) is 0.290. The van der Waals surface area contributed by atoms with Crippen molar-refractivity contribution < 1.29 is 31.1 Å². The number of hydrogen-bond donors (Lipinski definition) is 0. The van der Waals surface area contributed by atoms with Gasteiger partial charge in [-0.3, -0.25) is 4.90 Å². The number of sulfone groups is 1. The molecule has 1 aliphatic heterocycles. The van der Waals surface area contributed by atoms with Gasteiger partial charge in [0.1, 0.15) is 12.1 Å². The van der Waals surface area contributed by atoms with E-state index < -0.39 is 22.1 Å². The van der Waals surface area contributed by atoms with Gasteiger partial charge in [0.25, 0.3) is 0 Å². The predicted molar refractivity (Wildman–Crippen MR) is 103 cm³/mol. The first-order valence-corrected chi connectivity index (χ1v) is 12.1. The highest BCUT2D eigenvalue weighted by molar-refractivity contribution is 7.90. The third kappa shape index (κ3) is 6.27. The predicted octanol–water partition coefficient (Wildman–Crippen LogP) is 3.00. The molecule has 1 unspecified atom stereocenters. The number of rotatable bonds is 6. The van der Waals surface area contributed by atoms with Gasteiger partial charge in [0.15, 0.2) is 14.9 Å². The number of piperidine rings is 1. The number of nitrogens with zero attached hydrogens (tertiary/aromatic N) is 3. The molecule has 3 rings (SSSR count). The number of alkyl halides is 3. The van der Waals surface area contributed by atoms with Gasteiger partial charge in [-0.1, -0.05) is 0 Å². The summed E-state index contributed by atoms with van der Waals surface area (Å²) in [5, 5.41) is -0.0948. The van der Waals surface area contributed by atoms with Crippen LogP contribution in [0, 0.1) is 0 Å². The Labute approximate surface area is 174 Å². The minimum Gasteiger partial charge on any atom is -0.473 e. The molecule has 7 nitrogen and oxygen atoms in total. The van der Waals surface area contributed by atoms with Gasteiger partial charge in [-0.15, -0.1) is 0 Å². The average Bonchev–Trinajstić information content (AvgIpc) is 2.68. The van der Waals surface area contributed by atoms with Crippen LogP contribution in [0.4, 0.5) is 13.2 Å². The molecule has 1 saturated carbocycles. The molecule has 1 aromatic heterocycles. The van der Waals surface area contributed by atoms with Gasteiger partial charge in [-0.2, -0.15) is 13.2 Å². The van der Waals surface area contributed by atoms with E-state index >= 15 is 0 Å². The highest BCUT2D eigenvalue weighted by atomic mass is 32.2. The molecule has 1 saturated heterocycles. The van der Waals surface area contributed by atoms with Crippen molar-refractivity contribution in [1.29, 1.82) is 0 Å². The number of likely N-dealkylation sites (tertiary alicyclic amines) is 1. The summed E-state index contributed by atoms with van der Waals surface area (Å²) in [7, 11) is -3.39. The summed E-state index contributed by atoms with van der Waals surface area (Å²) in [6.45, 7) is 2.00. The molecule has 0 bridgehead atoms. The second-order valence-electron chi connectivity index (χ2n) is 8.07. The fraction of sp³-hybridized carbons (Fsp3) is 0.789. The van der Waals surface area contributed by atoms with Crippen molar-refractivity contribution in [3.63, 3.8) is 0 Å². The van der Waals surface area contributed by atoms with Crippen molar-refractivity contribution in [3.8, 4) is 5.88 Å². The van der Waals surface area contributed by atoms with Crippen LogP contribution < -0.4 is 4.74 Å². The highest BCUT2D eigenvalue weighted by Crippen LogP contribution is 2.30. The summed E-state index contributed by atoms with van der Waals surface area (Å²) in [6.07, 6.45) is 3.78. The Bertz CT molecular complexity index is 788. The molecule has 11 heteroatoms. The number of ether oxygens (including phenoxy) is 2. The zero-order valence-electron chi connectivity index (χ0n) is 17.1. The second kappa shape index (κ2) is 9.35. The first-order valence-electron chi connectivity index (χ1n) is 10.2. The molecule has 0 aromatic carbocycles.